The lowest BCUT2D eigenvalue weighted by molar-refractivity contribution is -0.143. The van der Waals surface area contributed by atoms with Crippen LogP contribution in [0.3, 0.4) is 0 Å². The second-order valence-electron chi connectivity index (χ2n) is 19.6. The quantitative estimate of drug-likeness (QED) is 0.0785. The fraction of sp³-hybridized carbons (Fsp3) is 0.415. The molecule has 3 aromatic carbocycles. The highest BCUT2D eigenvalue weighted by Crippen LogP contribution is 2.53. The van der Waals surface area contributed by atoms with Gasteiger partial charge in [0.15, 0.2) is 0 Å². The van der Waals surface area contributed by atoms with Crippen molar-refractivity contribution in [2.24, 2.45) is 17.8 Å². The van der Waals surface area contributed by atoms with Crippen molar-refractivity contribution in [3.8, 4) is 44.6 Å². The number of aromatic nitrogens is 3. The number of amides is 4. The molecule has 17 heteroatoms. The van der Waals surface area contributed by atoms with Crippen molar-refractivity contribution in [2.45, 2.75) is 95.4 Å². The number of rotatable bonds is 14. The fourth-order valence-corrected chi connectivity index (χ4v) is 10.9. The first-order valence-electron chi connectivity index (χ1n) is 23.9. The predicted molar refractivity (Wildman–Crippen MR) is 258 cm³/mol. The molecule has 9 rings (SSSR count). The van der Waals surface area contributed by atoms with E-state index in [1.807, 2.05) is 39.8 Å². The third-order valence-electron chi connectivity index (χ3n) is 14.9. The van der Waals surface area contributed by atoms with Gasteiger partial charge in [0, 0.05) is 52.9 Å². The number of anilines is 1. The van der Waals surface area contributed by atoms with Gasteiger partial charge in [-0.15, -0.1) is 0 Å². The smallest absolute Gasteiger partial charge is 0.407 e. The van der Waals surface area contributed by atoms with Crippen molar-refractivity contribution >= 4 is 36.0 Å². The Kier molecular flexibility index (Phi) is 13.1. The zero-order valence-corrected chi connectivity index (χ0v) is 40.1. The Morgan fingerprint density at radius 1 is 0.857 bits per heavy atom. The third kappa shape index (κ3) is 8.79. The maximum absolute atomic E-state index is 16.7. The summed E-state index contributed by atoms with van der Waals surface area (Å²) in [6.45, 7) is 8.38. The van der Waals surface area contributed by atoms with Gasteiger partial charge < -0.3 is 40.1 Å². The molecule has 2 aliphatic carbocycles. The molecule has 2 saturated heterocycles. The number of likely N-dealkylation sites (tertiary alicyclic amines) is 2. The summed E-state index contributed by atoms with van der Waals surface area (Å²) in [7, 11) is 2.50. The molecule has 3 unspecified atom stereocenters. The van der Waals surface area contributed by atoms with E-state index in [4.69, 9.17) is 14.5 Å². The molecule has 6 atom stereocenters. The zero-order valence-electron chi connectivity index (χ0n) is 40.1. The van der Waals surface area contributed by atoms with Gasteiger partial charge in [-0.3, -0.25) is 19.5 Å². The first kappa shape index (κ1) is 48.0. The predicted octanol–water partition coefficient (Wildman–Crippen LogP) is 8.71. The monoisotopic (exact) mass is 956 g/mol. The van der Waals surface area contributed by atoms with Gasteiger partial charge in [0.1, 0.15) is 29.7 Å². The summed E-state index contributed by atoms with van der Waals surface area (Å²) in [6, 6.07) is 17.2. The lowest BCUT2D eigenvalue weighted by Gasteiger charge is -2.37. The molecule has 4 aliphatic rings. The summed E-state index contributed by atoms with van der Waals surface area (Å²) in [5.74, 6) is -3.77. The van der Waals surface area contributed by atoms with Crippen molar-refractivity contribution in [3.05, 3.63) is 102 Å². The molecule has 1 saturated carbocycles. The first-order valence-corrected chi connectivity index (χ1v) is 23.9. The number of benzene rings is 3. The number of H-pyrrole nitrogens is 1. The number of methoxy groups -OCH3 is 2. The van der Waals surface area contributed by atoms with E-state index < -0.39 is 35.7 Å². The van der Waals surface area contributed by atoms with Crippen LogP contribution < -0.4 is 16.0 Å². The van der Waals surface area contributed by atoms with Crippen LogP contribution in [-0.4, -0.2) is 106 Å². The zero-order chi connectivity index (χ0) is 49.6. The molecular formula is C53H58F2N8O7. The Morgan fingerprint density at radius 2 is 1.54 bits per heavy atom. The number of nitrogens with one attached hydrogen (secondary N) is 4. The average molecular weight is 957 g/mol. The minimum absolute atomic E-state index is 0.0311. The molecule has 70 heavy (non-hydrogen) atoms. The van der Waals surface area contributed by atoms with Gasteiger partial charge in [-0.2, -0.15) is 8.78 Å². The number of fused-ring (bicyclic) bond motifs is 5. The van der Waals surface area contributed by atoms with Crippen LogP contribution in [0.5, 0.6) is 0 Å². The number of imidazole rings is 1. The summed E-state index contributed by atoms with van der Waals surface area (Å²) in [4.78, 5) is 81.2. The molecule has 4 heterocycles. The molecule has 3 fully saturated rings. The van der Waals surface area contributed by atoms with Crippen LogP contribution in [0, 0.1) is 17.8 Å². The number of alkyl carbamates (subject to hydrolysis) is 2. The van der Waals surface area contributed by atoms with Gasteiger partial charge in [-0.05, 0) is 115 Å². The van der Waals surface area contributed by atoms with Crippen LogP contribution in [0.1, 0.15) is 82.8 Å². The molecule has 5 aromatic rings. The van der Waals surface area contributed by atoms with Crippen LogP contribution in [-0.2, 0) is 29.8 Å². The standard InChI is InChI=1S/C53H58F2N8O7/c1-29(2)45(60-50(67)69-5)49(66)63-38-15-12-34(21-38)46(63)48(65)58-37-10-7-9-31(20-37)32-13-16-39-40-17-14-33(23-42(40)53(54,55)41(39)22-32)35-19-36(25-56-24-35)43-26-57-47(59-43)44-11-8-18-62(44)27-52(28-64,30(3)4)61-51(68)70-6/h7,9-10,13-14,16-17,19-20,22-26,28-30,34,38,44-46H,8,11-12,15,18,21,27H2,1-6H3,(H,57,59)(H,58,65)(H,60,67)(H,61,68)/t34?,38?,44-,45-,46-,52?/m0/s1. The number of hydrogen-bond acceptors (Lipinski definition) is 10. The van der Waals surface area contributed by atoms with Crippen LogP contribution in [0.4, 0.5) is 24.1 Å². The van der Waals surface area contributed by atoms with Crippen LogP contribution in [0.15, 0.2) is 85.3 Å². The summed E-state index contributed by atoms with van der Waals surface area (Å²) in [5, 5.41) is 8.41. The number of hydrogen-bond donors (Lipinski definition) is 4. The van der Waals surface area contributed by atoms with Crippen LogP contribution in [0.2, 0.25) is 0 Å². The van der Waals surface area contributed by atoms with Crippen molar-refractivity contribution < 1.29 is 42.2 Å². The van der Waals surface area contributed by atoms with Crippen molar-refractivity contribution in [1.82, 2.24) is 35.4 Å². The molecule has 2 bridgehead atoms. The molecule has 15 nitrogen and oxygen atoms in total. The Hall–Kier alpha value is -7.01. The molecular weight excluding hydrogens is 899 g/mol. The van der Waals surface area contributed by atoms with Crippen LogP contribution >= 0.6 is 0 Å². The molecule has 0 spiro atoms. The lowest BCUT2D eigenvalue weighted by atomic mass is 9.87. The highest BCUT2D eigenvalue weighted by Gasteiger charge is 2.53. The van der Waals surface area contributed by atoms with Gasteiger partial charge in [0.05, 0.1) is 32.2 Å². The fourth-order valence-electron chi connectivity index (χ4n) is 10.9. The molecule has 4 amide bonds. The number of piperidine rings is 1. The Bertz CT molecular complexity index is 2850. The maximum Gasteiger partial charge on any atom is 0.407 e. The van der Waals surface area contributed by atoms with E-state index >= 15 is 8.78 Å². The second kappa shape index (κ2) is 19.1. The molecule has 366 valence electrons. The summed E-state index contributed by atoms with van der Waals surface area (Å²) in [5.41, 5.74) is 3.71. The number of aldehydes is 1. The lowest BCUT2D eigenvalue weighted by Crippen LogP contribution is -2.60. The largest absolute Gasteiger partial charge is 0.453 e. The van der Waals surface area contributed by atoms with E-state index in [-0.39, 0.29) is 59.3 Å². The van der Waals surface area contributed by atoms with Crippen molar-refractivity contribution in [3.63, 3.8) is 0 Å². The third-order valence-corrected chi connectivity index (χ3v) is 14.9. The Morgan fingerprint density at radius 3 is 2.21 bits per heavy atom. The van der Waals surface area contributed by atoms with Gasteiger partial charge in [0.2, 0.25) is 11.8 Å². The van der Waals surface area contributed by atoms with Gasteiger partial charge in [-0.1, -0.05) is 64.1 Å². The normalized spacial score (nSPS) is 21.2. The van der Waals surface area contributed by atoms with Crippen molar-refractivity contribution in [1.29, 1.82) is 0 Å². The van der Waals surface area contributed by atoms with E-state index in [0.717, 1.165) is 32.0 Å². The van der Waals surface area contributed by atoms with E-state index in [2.05, 4.69) is 30.8 Å². The van der Waals surface area contributed by atoms with Crippen LogP contribution in [0.25, 0.3) is 44.6 Å². The summed E-state index contributed by atoms with van der Waals surface area (Å²) in [6.07, 6.45) is 8.37. The molecule has 2 aromatic heterocycles. The highest BCUT2D eigenvalue weighted by molar-refractivity contribution is 6.00. The number of pyridine rings is 1. The Labute approximate surface area is 405 Å². The van der Waals surface area contributed by atoms with E-state index in [1.165, 1.54) is 26.4 Å². The number of alkyl halides is 2. The van der Waals surface area contributed by atoms with Gasteiger partial charge >= 0.3 is 12.2 Å². The van der Waals surface area contributed by atoms with Gasteiger partial charge in [-0.25, -0.2) is 14.6 Å². The second-order valence-corrected chi connectivity index (χ2v) is 19.6. The summed E-state index contributed by atoms with van der Waals surface area (Å²) >= 11 is 0. The van der Waals surface area contributed by atoms with Crippen molar-refractivity contribution in [2.75, 3.05) is 32.6 Å². The molecule has 0 radical (unpaired) electrons. The number of ether oxygens (including phenoxy) is 2. The maximum atomic E-state index is 16.7. The van der Waals surface area contributed by atoms with E-state index in [9.17, 15) is 24.0 Å². The highest BCUT2D eigenvalue weighted by atomic mass is 19.3. The number of aromatic amines is 1. The van der Waals surface area contributed by atoms with E-state index in [1.54, 1.807) is 66.0 Å². The Balaban J connectivity index is 0.911. The van der Waals surface area contributed by atoms with Gasteiger partial charge in [0.25, 0.3) is 5.92 Å². The minimum Gasteiger partial charge on any atom is -0.453 e. The topological polar surface area (TPSA) is 188 Å². The van der Waals surface area contributed by atoms with E-state index in [0.29, 0.717) is 69.1 Å². The number of carbonyl (C=O) groups is 5. The SMILES string of the molecule is COC(=O)N[C@H](C(=O)N1C2CCC(C2)[C@H]1C(=O)Nc1cccc(-c2ccc3c(c2)C(F)(F)c2cc(-c4cncc(-c5cnc([C@@H]6CCCN6CC(C=O)(NC(=O)OC)C(C)C)[nH]5)c4)ccc2-3)c1)C(C)C. The number of carbonyl (C=O) groups excluding carboxylic acids is 5. The number of halogens is 2. The molecule has 2 aliphatic heterocycles. The average Bonchev–Trinajstić information content (AvgIpc) is 4.22. The minimum atomic E-state index is -3.32. The molecule has 4 N–H and O–H groups in total. The summed E-state index contributed by atoms with van der Waals surface area (Å²) < 4.78 is 43.0. The number of nitrogens with zero attached hydrogens (tertiary/aromatic N) is 4. The first-order chi connectivity index (χ1) is 33.5.